The van der Waals surface area contributed by atoms with Gasteiger partial charge in [-0.2, -0.15) is 0 Å². The summed E-state index contributed by atoms with van der Waals surface area (Å²) in [7, 11) is 0. The number of para-hydroxylation sites is 1. The first-order valence-corrected chi connectivity index (χ1v) is 6.08. The third-order valence-electron chi connectivity index (χ3n) is 3.06. The van der Waals surface area contributed by atoms with Crippen molar-refractivity contribution in [3.05, 3.63) is 30.3 Å². The summed E-state index contributed by atoms with van der Waals surface area (Å²) in [5.41, 5.74) is 6.04. The highest BCUT2D eigenvalue weighted by molar-refractivity contribution is 5.20. The predicted molar refractivity (Wildman–Crippen MR) is 68.6 cm³/mol. The van der Waals surface area contributed by atoms with Gasteiger partial charge in [0.15, 0.2) is 0 Å². The molecule has 1 unspecified atom stereocenters. The van der Waals surface area contributed by atoms with Crippen LogP contribution in [0.3, 0.4) is 0 Å². The molecule has 0 spiro atoms. The molecule has 0 aliphatic rings. The zero-order valence-electron chi connectivity index (χ0n) is 10.4. The summed E-state index contributed by atoms with van der Waals surface area (Å²) in [6.45, 7) is 5.92. The Morgan fingerprint density at radius 1 is 1.19 bits per heavy atom. The molecule has 0 aliphatic carbocycles. The highest BCUT2D eigenvalue weighted by Gasteiger charge is 2.21. The summed E-state index contributed by atoms with van der Waals surface area (Å²) in [6.07, 6.45) is 3.37. The summed E-state index contributed by atoms with van der Waals surface area (Å²) in [6, 6.07) is 9.94. The minimum absolute atomic E-state index is 0.226. The second-order valence-corrected chi connectivity index (χ2v) is 4.68. The second kappa shape index (κ2) is 6.54. The molecule has 1 atom stereocenters. The van der Waals surface area contributed by atoms with Gasteiger partial charge in [0.1, 0.15) is 5.75 Å². The predicted octanol–water partition coefficient (Wildman–Crippen LogP) is 3.22. The van der Waals surface area contributed by atoms with Crippen LogP contribution in [-0.4, -0.2) is 13.2 Å². The third kappa shape index (κ3) is 4.23. The molecule has 0 radical (unpaired) electrons. The lowest BCUT2D eigenvalue weighted by molar-refractivity contribution is 0.204. The van der Waals surface area contributed by atoms with Crippen LogP contribution < -0.4 is 10.5 Å². The molecule has 2 nitrogen and oxygen atoms in total. The minimum atomic E-state index is 0.226. The van der Waals surface area contributed by atoms with Gasteiger partial charge in [-0.15, -0.1) is 0 Å². The Hall–Kier alpha value is -1.02. The molecule has 0 aromatic heterocycles. The Labute approximate surface area is 98.8 Å². The standard InChI is InChI=1S/C14H23NO/c1-3-9-14(2,12-15)10-11-16-13-7-5-4-6-8-13/h4-8H,3,9-12,15H2,1-2H3. The van der Waals surface area contributed by atoms with E-state index < -0.39 is 0 Å². The molecule has 1 aromatic rings. The fraction of sp³-hybridized carbons (Fsp3) is 0.571. The summed E-state index contributed by atoms with van der Waals surface area (Å²) in [4.78, 5) is 0. The zero-order chi connectivity index (χ0) is 11.9. The van der Waals surface area contributed by atoms with Crippen molar-refractivity contribution in [1.82, 2.24) is 0 Å². The molecule has 0 amide bonds. The van der Waals surface area contributed by atoms with Gasteiger partial charge < -0.3 is 10.5 Å². The second-order valence-electron chi connectivity index (χ2n) is 4.68. The third-order valence-corrected chi connectivity index (χ3v) is 3.06. The molecule has 16 heavy (non-hydrogen) atoms. The Balaban J connectivity index is 2.34. The quantitative estimate of drug-likeness (QED) is 0.767. The number of rotatable bonds is 7. The monoisotopic (exact) mass is 221 g/mol. The topological polar surface area (TPSA) is 35.2 Å². The number of hydrogen-bond acceptors (Lipinski definition) is 2. The molecular weight excluding hydrogens is 198 g/mol. The van der Waals surface area contributed by atoms with Gasteiger partial charge in [0.2, 0.25) is 0 Å². The van der Waals surface area contributed by atoms with Crippen molar-refractivity contribution in [2.75, 3.05) is 13.2 Å². The van der Waals surface area contributed by atoms with Gasteiger partial charge in [-0.25, -0.2) is 0 Å². The first-order valence-electron chi connectivity index (χ1n) is 6.08. The van der Waals surface area contributed by atoms with E-state index >= 15 is 0 Å². The van der Waals surface area contributed by atoms with Crippen molar-refractivity contribution in [3.8, 4) is 5.75 Å². The van der Waals surface area contributed by atoms with E-state index in [1.807, 2.05) is 30.3 Å². The van der Waals surface area contributed by atoms with Crippen LogP contribution in [0.25, 0.3) is 0 Å². The smallest absolute Gasteiger partial charge is 0.119 e. The van der Waals surface area contributed by atoms with Gasteiger partial charge in [0.25, 0.3) is 0 Å². The van der Waals surface area contributed by atoms with Crippen LogP contribution in [0.4, 0.5) is 0 Å². The van der Waals surface area contributed by atoms with Crippen molar-refractivity contribution >= 4 is 0 Å². The number of ether oxygens (including phenoxy) is 1. The zero-order valence-corrected chi connectivity index (χ0v) is 10.4. The van der Waals surface area contributed by atoms with E-state index in [1.54, 1.807) is 0 Å². The van der Waals surface area contributed by atoms with Gasteiger partial charge in [-0.05, 0) is 36.9 Å². The van der Waals surface area contributed by atoms with Gasteiger partial charge in [0, 0.05) is 0 Å². The normalized spacial score (nSPS) is 14.4. The van der Waals surface area contributed by atoms with E-state index in [2.05, 4.69) is 13.8 Å². The van der Waals surface area contributed by atoms with E-state index in [4.69, 9.17) is 10.5 Å². The number of benzene rings is 1. The molecule has 0 heterocycles. The summed E-state index contributed by atoms with van der Waals surface area (Å²) in [5, 5.41) is 0. The molecule has 90 valence electrons. The van der Waals surface area contributed by atoms with Crippen LogP contribution >= 0.6 is 0 Å². The van der Waals surface area contributed by atoms with Gasteiger partial charge in [0.05, 0.1) is 6.61 Å². The Morgan fingerprint density at radius 3 is 2.44 bits per heavy atom. The van der Waals surface area contributed by atoms with E-state index in [9.17, 15) is 0 Å². The molecule has 2 heteroatoms. The maximum atomic E-state index is 5.82. The lowest BCUT2D eigenvalue weighted by Gasteiger charge is -2.27. The van der Waals surface area contributed by atoms with Crippen molar-refractivity contribution in [3.63, 3.8) is 0 Å². The SMILES string of the molecule is CCCC(C)(CN)CCOc1ccccc1. The van der Waals surface area contributed by atoms with Crippen LogP contribution in [0.5, 0.6) is 5.75 Å². The summed E-state index contributed by atoms with van der Waals surface area (Å²) < 4.78 is 5.69. The lowest BCUT2D eigenvalue weighted by atomic mass is 9.83. The Bertz CT molecular complexity index is 286. The van der Waals surface area contributed by atoms with E-state index in [0.717, 1.165) is 25.3 Å². The van der Waals surface area contributed by atoms with Crippen LogP contribution in [0.15, 0.2) is 30.3 Å². The van der Waals surface area contributed by atoms with E-state index in [1.165, 1.54) is 12.8 Å². The maximum absolute atomic E-state index is 5.82. The Morgan fingerprint density at radius 2 is 1.88 bits per heavy atom. The molecular formula is C14H23NO. The molecule has 0 saturated carbocycles. The van der Waals surface area contributed by atoms with Crippen molar-refractivity contribution in [2.24, 2.45) is 11.1 Å². The van der Waals surface area contributed by atoms with Crippen LogP contribution in [0.1, 0.15) is 33.1 Å². The average Bonchev–Trinajstić information content (AvgIpc) is 2.31. The molecule has 1 aromatic carbocycles. The van der Waals surface area contributed by atoms with E-state index in [-0.39, 0.29) is 5.41 Å². The van der Waals surface area contributed by atoms with E-state index in [0.29, 0.717) is 0 Å². The Kier molecular flexibility index (Phi) is 5.33. The van der Waals surface area contributed by atoms with Gasteiger partial charge >= 0.3 is 0 Å². The van der Waals surface area contributed by atoms with Crippen LogP contribution in [0.2, 0.25) is 0 Å². The minimum Gasteiger partial charge on any atom is -0.494 e. The summed E-state index contributed by atoms with van der Waals surface area (Å²) in [5.74, 6) is 0.943. The highest BCUT2D eigenvalue weighted by Crippen LogP contribution is 2.26. The largest absolute Gasteiger partial charge is 0.494 e. The highest BCUT2D eigenvalue weighted by atomic mass is 16.5. The number of hydrogen-bond donors (Lipinski definition) is 1. The fourth-order valence-electron chi connectivity index (χ4n) is 1.86. The van der Waals surface area contributed by atoms with Gasteiger partial charge in [-0.3, -0.25) is 0 Å². The van der Waals surface area contributed by atoms with Crippen molar-refractivity contribution < 1.29 is 4.74 Å². The maximum Gasteiger partial charge on any atom is 0.119 e. The van der Waals surface area contributed by atoms with Crippen molar-refractivity contribution in [2.45, 2.75) is 33.1 Å². The van der Waals surface area contributed by atoms with Gasteiger partial charge in [-0.1, -0.05) is 38.5 Å². The molecule has 2 N–H and O–H groups in total. The molecule has 1 rings (SSSR count). The van der Waals surface area contributed by atoms with Crippen molar-refractivity contribution in [1.29, 1.82) is 0 Å². The summed E-state index contributed by atoms with van der Waals surface area (Å²) >= 11 is 0. The molecule has 0 saturated heterocycles. The van der Waals surface area contributed by atoms with Crippen LogP contribution in [0, 0.1) is 5.41 Å². The first-order chi connectivity index (χ1) is 7.70. The average molecular weight is 221 g/mol. The first kappa shape index (κ1) is 13.0. The fourth-order valence-corrected chi connectivity index (χ4v) is 1.86. The number of nitrogens with two attached hydrogens (primary N) is 1. The molecule has 0 aliphatic heterocycles. The molecule has 0 bridgehead atoms. The molecule has 0 fully saturated rings. The van der Waals surface area contributed by atoms with Crippen LogP contribution in [-0.2, 0) is 0 Å². The lowest BCUT2D eigenvalue weighted by Crippen LogP contribution is -2.29.